The van der Waals surface area contributed by atoms with E-state index in [9.17, 15) is 14.4 Å². The van der Waals surface area contributed by atoms with Crippen LogP contribution in [0.1, 0.15) is 17.9 Å². The van der Waals surface area contributed by atoms with Crippen molar-refractivity contribution in [3.63, 3.8) is 0 Å². The SMILES string of the molecule is O=C1CC2c3ccccc3OC(=O)C2C(=O)N1. The fourth-order valence-corrected chi connectivity index (χ4v) is 2.38. The van der Waals surface area contributed by atoms with Crippen LogP contribution >= 0.6 is 0 Å². The normalized spacial score (nSPS) is 26.7. The largest absolute Gasteiger partial charge is 0.426 e. The highest BCUT2D eigenvalue weighted by Gasteiger charge is 2.46. The quantitative estimate of drug-likeness (QED) is 0.303. The fraction of sp³-hybridized carbons (Fsp3) is 0.250. The van der Waals surface area contributed by atoms with Gasteiger partial charge in [0.05, 0.1) is 0 Å². The van der Waals surface area contributed by atoms with E-state index in [1.165, 1.54) is 0 Å². The summed E-state index contributed by atoms with van der Waals surface area (Å²) >= 11 is 0. The van der Waals surface area contributed by atoms with Gasteiger partial charge in [-0.05, 0) is 11.6 Å². The third kappa shape index (κ3) is 1.43. The Balaban J connectivity index is 2.12. The van der Waals surface area contributed by atoms with Crippen LogP contribution in [0.2, 0.25) is 0 Å². The van der Waals surface area contributed by atoms with Gasteiger partial charge in [0.1, 0.15) is 11.7 Å². The van der Waals surface area contributed by atoms with Crippen molar-refractivity contribution in [2.45, 2.75) is 12.3 Å². The van der Waals surface area contributed by atoms with Crippen LogP contribution in [0.5, 0.6) is 5.75 Å². The number of hydrogen-bond donors (Lipinski definition) is 1. The second kappa shape index (κ2) is 3.41. The van der Waals surface area contributed by atoms with Crippen molar-refractivity contribution in [1.82, 2.24) is 5.32 Å². The summed E-state index contributed by atoms with van der Waals surface area (Å²) in [6, 6.07) is 6.99. The number of carbonyl (C=O) groups is 3. The van der Waals surface area contributed by atoms with Crippen molar-refractivity contribution in [2.24, 2.45) is 5.92 Å². The molecule has 2 amide bonds. The molecule has 1 aromatic carbocycles. The number of piperidine rings is 1. The first-order valence-electron chi connectivity index (χ1n) is 5.31. The number of nitrogens with one attached hydrogen (secondary N) is 1. The third-order valence-electron chi connectivity index (χ3n) is 3.14. The van der Waals surface area contributed by atoms with Gasteiger partial charge in [-0.25, -0.2) is 0 Å². The molecule has 2 unspecified atom stereocenters. The maximum atomic E-state index is 11.7. The van der Waals surface area contributed by atoms with Gasteiger partial charge in [0.15, 0.2) is 0 Å². The molecule has 2 atom stereocenters. The molecule has 2 heterocycles. The van der Waals surface area contributed by atoms with E-state index < -0.39 is 23.7 Å². The first-order valence-corrected chi connectivity index (χ1v) is 5.31. The number of fused-ring (bicyclic) bond motifs is 3. The Morgan fingerprint density at radius 3 is 2.76 bits per heavy atom. The number of imide groups is 1. The van der Waals surface area contributed by atoms with E-state index in [0.717, 1.165) is 5.56 Å². The minimum absolute atomic E-state index is 0.141. The molecule has 0 aromatic heterocycles. The minimum Gasteiger partial charge on any atom is -0.426 e. The van der Waals surface area contributed by atoms with Gasteiger partial charge in [-0.3, -0.25) is 19.7 Å². The molecule has 0 bridgehead atoms. The Kier molecular flexibility index (Phi) is 2.01. The van der Waals surface area contributed by atoms with Crippen molar-refractivity contribution in [3.8, 4) is 5.75 Å². The van der Waals surface area contributed by atoms with Crippen LogP contribution in [0.25, 0.3) is 0 Å². The number of benzene rings is 1. The molecule has 3 rings (SSSR count). The summed E-state index contributed by atoms with van der Waals surface area (Å²) < 4.78 is 5.10. The van der Waals surface area contributed by atoms with Gasteiger partial charge in [0.25, 0.3) is 0 Å². The number of carbonyl (C=O) groups excluding carboxylic acids is 3. The molecule has 5 nitrogen and oxygen atoms in total. The maximum Gasteiger partial charge on any atom is 0.324 e. The Labute approximate surface area is 96.8 Å². The number of rotatable bonds is 0. The summed E-state index contributed by atoms with van der Waals surface area (Å²) in [5.41, 5.74) is 0.750. The van der Waals surface area contributed by atoms with Gasteiger partial charge < -0.3 is 4.74 Å². The molecule has 0 radical (unpaired) electrons. The van der Waals surface area contributed by atoms with Crippen molar-refractivity contribution in [1.29, 1.82) is 0 Å². The molecule has 1 saturated heterocycles. The van der Waals surface area contributed by atoms with Crippen LogP contribution in [0.4, 0.5) is 0 Å². The highest BCUT2D eigenvalue weighted by atomic mass is 16.5. The van der Waals surface area contributed by atoms with E-state index in [0.29, 0.717) is 5.75 Å². The molecule has 5 heteroatoms. The number of esters is 1. The predicted molar refractivity (Wildman–Crippen MR) is 56.1 cm³/mol. The topological polar surface area (TPSA) is 72.5 Å². The molecular weight excluding hydrogens is 222 g/mol. The zero-order valence-electron chi connectivity index (χ0n) is 8.80. The molecule has 0 aliphatic carbocycles. The molecule has 17 heavy (non-hydrogen) atoms. The summed E-state index contributed by atoms with van der Waals surface area (Å²) in [5.74, 6) is -2.34. The van der Waals surface area contributed by atoms with E-state index in [2.05, 4.69) is 5.32 Å². The van der Waals surface area contributed by atoms with Gasteiger partial charge in [-0.2, -0.15) is 0 Å². The van der Waals surface area contributed by atoms with Crippen molar-refractivity contribution in [3.05, 3.63) is 29.8 Å². The average molecular weight is 231 g/mol. The maximum absolute atomic E-state index is 11.7. The summed E-state index contributed by atoms with van der Waals surface area (Å²) in [5, 5.41) is 2.16. The zero-order valence-corrected chi connectivity index (χ0v) is 8.80. The fourth-order valence-electron chi connectivity index (χ4n) is 2.38. The number of amides is 2. The lowest BCUT2D eigenvalue weighted by Crippen LogP contribution is -2.50. The number of ether oxygens (including phenoxy) is 1. The van der Waals surface area contributed by atoms with Crippen molar-refractivity contribution in [2.75, 3.05) is 0 Å². The summed E-state index contributed by atoms with van der Waals surface area (Å²) in [6.45, 7) is 0. The first kappa shape index (κ1) is 10.0. The van der Waals surface area contributed by atoms with E-state index in [1.807, 2.05) is 0 Å². The summed E-state index contributed by atoms with van der Waals surface area (Å²) in [4.78, 5) is 34.7. The second-order valence-corrected chi connectivity index (χ2v) is 4.16. The van der Waals surface area contributed by atoms with Crippen LogP contribution in [0, 0.1) is 5.92 Å². The average Bonchev–Trinajstić information content (AvgIpc) is 2.28. The van der Waals surface area contributed by atoms with Crippen LogP contribution in [-0.2, 0) is 14.4 Å². The van der Waals surface area contributed by atoms with E-state index in [4.69, 9.17) is 4.74 Å². The molecule has 1 aromatic rings. The van der Waals surface area contributed by atoms with Crippen molar-refractivity contribution < 1.29 is 19.1 Å². The number of para-hydroxylation sites is 1. The van der Waals surface area contributed by atoms with Crippen molar-refractivity contribution >= 4 is 17.8 Å². The molecule has 2 aliphatic heterocycles. The van der Waals surface area contributed by atoms with E-state index in [1.54, 1.807) is 24.3 Å². The van der Waals surface area contributed by atoms with Gasteiger partial charge in [-0.1, -0.05) is 18.2 Å². The monoisotopic (exact) mass is 231 g/mol. The van der Waals surface area contributed by atoms with E-state index in [-0.39, 0.29) is 12.3 Å². The zero-order chi connectivity index (χ0) is 12.0. The lowest BCUT2D eigenvalue weighted by molar-refractivity contribution is -0.151. The summed E-state index contributed by atoms with van der Waals surface area (Å²) in [6.07, 6.45) is 0.141. The molecular formula is C12H9NO4. The molecule has 0 saturated carbocycles. The molecule has 1 N–H and O–H groups in total. The van der Waals surface area contributed by atoms with E-state index >= 15 is 0 Å². The third-order valence-corrected chi connectivity index (χ3v) is 3.14. The minimum atomic E-state index is -0.900. The molecule has 86 valence electrons. The first-order chi connectivity index (χ1) is 8.16. The number of hydrogen-bond acceptors (Lipinski definition) is 4. The smallest absolute Gasteiger partial charge is 0.324 e. The van der Waals surface area contributed by atoms with Gasteiger partial charge in [0.2, 0.25) is 11.8 Å². The predicted octanol–water partition coefficient (Wildman–Crippen LogP) is 0.352. The highest BCUT2D eigenvalue weighted by molar-refractivity contribution is 6.09. The Hall–Kier alpha value is -2.17. The van der Waals surface area contributed by atoms with Gasteiger partial charge in [-0.15, -0.1) is 0 Å². The lowest BCUT2D eigenvalue weighted by atomic mass is 9.78. The molecule has 1 fully saturated rings. The standard InChI is InChI=1S/C12H9NO4/c14-9-5-7-6-3-1-2-4-8(6)17-12(16)10(7)11(15)13-9/h1-4,7,10H,5H2,(H,13,14,15). The van der Waals surface area contributed by atoms with Gasteiger partial charge >= 0.3 is 5.97 Å². The van der Waals surface area contributed by atoms with Crippen LogP contribution in [0.15, 0.2) is 24.3 Å². The lowest BCUT2D eigenvalue weighted by Gasteiger charge is -2.33. The second-order valence-electron chi connectivity index (χ2n) is 4.16. The summed E-state index contributed by atoms with van der Waals surface area (Å²) in [7, 11) is 0. The van der Waals surface area contributed by atoms with Crippen LogP contribution < -0.4 is 10.1 Å². The Morgan fingerprint density at radius 1 is 1.18 bits per heavy atom. The Morgan fingerprint density at radius 2 is 1.94 bits per heavy atom. The van der Waals surface area contributed by atoms with Crippen LogP contribution in [0.3, 0.4) is 0 Å². The Bertz CT molecular complexity index is 537. The molecule has 0 spiro atoms. The molecule has 2 aliphatic rings. The highest BCUT2D eigenvalue weighted by Crippen LogP contribution is 2.41. The van der Waals surface area contributed by atoms with Crippen LogP contribution in [-0.4, -0.2) is 17.8 Å². The van der Waals surface area contributed by atoms with Gasteiger partial charge in [0, 0.05) is 12.3 Å².